The summed E-state index contributed by atoms with van der Waals surface area (Å²) in [4.78, 5) is 94.6. The number of carbonyl (C=O) groups excluding carboxylic acids is 7. The van der Waals surface area contributed by atoms with Crippen LogP contribution in [-0.2, 0) is 33.6 Å². The van der Waals surface area contributed by atoms with Crippen molar-refractivity contribution < 1.29 is 38.7 Å². The van der Waals surface area contributed by atoms with Gasteiger partial charge in [0.25, 0.3) is 0 Å². The summed E-state index contributed by atoms with van der Waals surface area (Å²) in [6.45, 7) is 16.7. The molecule has 1 saturated heterocycles. The van der Waals surface area contributed by atoms with Gasteiger partial charge in [0.05, 0.1) is 12.6 Å². The Morgan fingerprint density at radius 3 is 1.77 bits per heavy atom. The highest BCUT2D eigenvalue weighted by molar-refractivity contribution is 5.97. The number of nitrogens with one attached hydrogen (secondary N) is 5. The van der Waals surface area contributed by atoms with E-state index in [1.165, 1.54) is 49.8 Å². The summed E-state index contributed by atoms with van der Waals surface area (Å²) < 4.78 is 0. The Balaban J connectivity index is 2.93. The summed E-state index contributed by atoms with van der Waals surface area (Å²) in [6, 6.07) is -4.74. The molecule has 15 heteroatoms. The van der Waals surface area contributed by atoms with E-state index < -0.39 is 71.2 Å². The average molecular weight is 850 g/mol. The summed E-state index contributed by atoms with van der Waals surface area (Å²) in [5.74, 6) is -3.90. The van der Waals surface area contributed by atoms with Gasteiger partial charge >= 0.3 is 0 Å². The van der Waals surface area contributed by atoms with Gasteiger partial charge in [0.2, 0.25) is 41.4 Å². The Morgan fingerprint density at radius 1 is 0.700 bits per heavy atom. The Bertz CT molecular complexity index is 1350. The maximum atomic E-state index is 13.9. The van der Waals surface area contributed by atoms with Crippen molar-refractivity contribution in [3.8, 4) is 0 Å². The van der Waals surface area contributed by atoms with Gasteiger partial charge in [-0.2, -0.15) is 0 Å². The highest BCUT2D eigenvalue weighted by Crippen LogP contribution is 2.23. The van der Waals surface area contributed by atoms with Crippen LogP contribution in [0, 0.1) is 17.8 Å². The number of aliphatic hydroxyl groups is 1. The molecule has 0 bridgehead atoms. The van der Waals surface area contributed by atoms with E-state index in [4.69, 9.17) is 5.73 Å². The molecule has 1 rings (SSSR count). The molecule has 1 fully saturated rings. The van der Waals surface area contributed by atoms with Crippen LogP contribution >= 0.6 is 0 Å². The van der Waals surface area contributed by atoms with Gasteiger partial charge in [0.1, 0.15) is 29.7 Å². The van der Waals surface area contributed by atoms with Gasteiger partial charge in [-0.15, -0.1) is 0 Å². The third kappa shape index (κ3) is 21.2. The first-order valence-corrected chi connectivity index (χ1v) is 23.0. The van der Waals surface area contributed by atoms with Crippen LogP contribution in [0.5, 0.6) is 0 Å². The molecule has 1 heterocycles. The first-order chi connectivity index (χ1) is 28.2. The Morgan fingerprint density at radius 2 is 1.25 bits per heavy atom. The smallest absolute Gasteiger partial charge is 0.248 e. The summed E-state index contributed by atoms with van der Waals surface area (Å²) in [5, 5.41) is 23.7. The van der Waals surface area contributed by atoms with Gasteiger partial charge in [-0.1, -0.05) is 113 Å². The number of unbranched alkanes of at least 4 members (excludes halogenated alkanes) is 10. The molecule has 0 spiro atoms. The van der Waals surface area contributed by atoms with E-state index in [9.17, 15) is 38.7 Å². The number of likely N-dealkylation sites (tertiary alicyclic amines) is 1. The predicted molar refractivity (Wildman–Crippen MR) is 235 cm³/mol. The standard InChI is InChI=1S/C45H83N7O8/c1-10-11-12-13-14-15-16-17-18-19-20-23-38(55)51-45(8,9)44(60)52-26-21-22-36(52)42(58)49-35(28-31(4)5)41(57)50-39(32(6)7)43(59)48-34(24-25-37(46)54)40(56)47-33(29-53)27-30(2)3/h30-36,39,53H,10-29H2,1-9H3,(H2,46,54)(H,47,56)(H,48,59)(H,49,58)(H,50,57)(H,51,55)/t33?,34-,35-,36-,39-/m0/s1. The molecule has 0 aromatic carbocycles. The molecule has 0 radical (unpaired) electrons. The molecule has 7 amide bonds. The predicted octanol–water partition coefficient (Wildman–Crippen LogP) is 4.52. The molecule has 0 aromatic rings. The molecule has 8 N–H and O–H groups in total. The second-order valence-corrected chi connectivity index (χ2v) is 18.6. The summed E-state index contributed by atoms with van der Waals surface area (Å²) >= 11 is 0. The number of carbonyl (C=O) groups is 7. The van der Waals surface area contributed by atoms with E-state index in [1.54, 1.807) is 27.7 Å². The molecular formula is C45H83N7O8. The van der Waals surface area contributed by atoms with E-state index in [1.807, 2.05) is 27.7 Å². The molecule has 0 aromatic heterocycles. The lowest BCUT2D eigenvalue weighted by atomic mass is 9.98. The van der Waals surface area contributed by atoms with E-state index in [-0.39, 0.29) is 49.5 Å². The van der Waals surface area contributed by atoms with Crippen molar-refractivity contribution in [1.29, 1.82) is 0 Å². The molecular weight excluding hydrogens is 767 g/mol. The first-order valence-electron chi connectivity index (χ1n) is 23.0. The number of primary amides is 1. The van der Waals surface area contributed by atoms with Crippen LogP contribution in [-0.4, -0.2) is 100 Å². The van der Waals surface area contributed by atoms with Crippen LogP contribution in [0.2, 0.25) is 0 Å². The molecule has 0 saturated carbocycles. The van der Waals surface area contributed by atoms with Gasteiger partial charge < -0.3 is 42.3 Å². The first kappa shape index (κ1) is 54.3. The Labute approximate surface area is 361 Å². The number of nitrogens with zero attached hydrogens (tertiary/aromatic N) is 1. The number of aliphatic hydroxyl groups excluding tert-OH is 1. The minimum absolute atomic E-state index is 0.0321. The minimum Gasteiger partial charge on any atom is -0.394 e. The lowest BCUT2D eigenvalue weighted by Crippen LogP contribution is -2.61. The second-order valence-electron chi connectivity index (χ2n) is 18.6. The third-order valence-electron chi connectivity index (χ3n) is 11.0. The van der Waals surface area contributed by atoms with Crippen LogP contribution in [0.25, 0.3) is 0 Å². The molecule has 346 valence electrons. The number of nitrogens with two attached hydrogens (primary N) is 1. The maximum absolute atomic E-state index is 13.9. The zero-order valence-corrected chi connectivity index (χ0v) is 38.6. The maximum Gasteiger partial charge on any atom is 0.248 e. The van der Waals surface area contributed by atoms with Gasteiger partial charge in [-0.3, -0.25) is 33.6 Å². The van der Waals surface area contributed by atoms with Crippen LogP contribution in [0.3, 0.4) is 0 Å². The monoisotopic (exact) mass is 850 g/mol. The van der Waals surface area contributed by atoms with Crippen molar-refractivity contribution in [3.05, 3.63) is 0 Å². The van der Waals surface area contributed by atoms with Gasteiger partial charge in [-0.05, 0) is 70.1 Å². The van der Waals surface area contributed by atoms with Crippen molar-refractivity contribution >= 4 is 41.4 Å². The van der Waals surface area contributed by atoms with Gasteiger partial charge in [0, 0.05) is 19.4 Å². The molecule has 60 heavy (non-hydrogen) atoms. The fraction of sp³-hybridized carbons (Fsp3) is 0.844. The number of rotatable bonds is 31. The van der Waals surface area contributed by atoms with Crippen molar-refractivity contribution in [2.75, 3.05) is 13.2 Å². The van der Waals surface area contributed by atoms with Crippen LogP contribution in [0.4, 0.5) is 0 Å². The van der Waals surface area contributed by atoms with Crippen LogP contribution < -0.4 is 32.3 Å². The number of hydrogen-bond donors (Lipinski definition) is 7. The molecule has 0 aliphatic carbocycles. The Kier molecular flexibility index (Phi) is 26.0. The third-order valence-corrected chi connectivity index (χ3v) is 11.0. The molecule has 15 nitrogen and oxygen atoms in total. The van der Waals surface area contributed by atoms with Crippen molar-refractivity contribution in [3.63, 3.8) is 0 Å². The average Bonchev–Trinajstić information content (AvgIpc) is 3.66. The van der Waals surface area contributed by atoms with Crippen molar-refractivity contribution in [2.45, 2.75) is 214 Å². The Hall–Kier alpha value is -3.75. The number of hydrogen-bond acceptors (Lipinski definition) is 8. The van der Waals surface area contributed by atoms with Crippen LogP contribution in [0.1, 0.15) is 178 Å². The minimum atomic E-state index is -1.25. The fourth-order valence-electron chi connectivity index (χ4n) is 7.68. The molecule has 1 aliphatic rings. The lowest BCUT2D eigenvalue weighted by molar-refractivity contribution is -0.145. The molecule has 1 aliphatic heterocycles. The zero-order valence-electron chi connectivity index (χ0n) is 38.6. The zero-order chi connectivity index (χ0) is 45.4. The topological polar surface area (TPSA) is 229 Å². The lowest BCUT2D eigenvalue weighted by Gasteiger charge is -2.34. The van der Waals surface area contributed by atoms with Gasteiger partial charge in [0.15, 0.2) is 0 Å². The SMILES string of the molecule is CCCCCCCCCCCCCC(=O)NC(C)(C)C(=O)N1CCC[C@H]1C(=O)N[C@@H](CC(C)C)C(=O)N[C@H](C(=O)N[C@@H](CCC(N)=O)C(=O)NC(CO)CC(C)C)C(C)C. The number of amides is 7. The largest absolute Gasteiger partial charge is 0.394 e. The van der Waals surface area contributed by atoms with E-state index >= 15 is 0 Å². The highest BCUT2D eigenvalue weighted by Gasteiger charge is 2.42. The summed E-state index contributed by atoms with van der Waals surface area (Å²) in [5.41, 5.74) is 4.11. The van der Waals surface area contributed by atoms with E-state index in [2.05, 4.69) is 33.5 Å². The van der Waals surface area contributed by atoms with E-state index in [0.29, 0.717) is 32.2 Å². The molecule has 5 atom stereocenters. The summed E-state index contributed by atoms with van der Waals surface area (Å²) in [7, 11) is 0. The van der Waals surface area contributed by atoms with Crippen LogP contribution in [0.15, 0.2) is 0 Å². The molecule has 1 unspecified atom stereocenters. The highest BCUT2D eigenvalue weighted by atomic mass is 16.3. The van der Waals surface area contributed by atoms with Crippen molar-refractivity contribution in [2.24, 2.45) is 23.5 Å². The normalized spacial score (nSPS) is 16.3. The quantitative estimate of drug-likeness (QED) is 0.0490. The van der Waals surface area contributed by atoms with E-state index in [0.717, 1.165) is 25.7 Å². The summed E-state index contributed by atoms with van der Waals surface area (Å²) in [6.07, 6.45) is 14.7. The second kappa shape index (κ2) is 28.7. The fourth-order valence-corrected chi connectivity index (χ4v) is 7.68. The van der Waals surface area contributed by atoms with Gasteiger partial charge in [-0.25, -0.2) is 0 Å². The van der Waals surface area contributed by atoms with Crippen molar-refractivity contribution in [1.82, 2.24) is 31.5 Å².